The van der Waals surface area contributed by atoms with Crippen molar-refractivity contribution in [1.82, 2.24) is 9.88 Å². The fourth-order valence-electron chi connectivity index (χ4n) is 4.44. The van der Waals surface area contributed by atoms with E-state index in [1.54, 1.807) is 18.4 Å². The number of aliphatic carboxylic acids is 1. The first-order valence-corrected chi connectivity index (χ1v) is 14.3. The van der Waals surface area contributed by atoms with Gasteiger partial charge >= 0.3 is 5.97 Å². The second kappa shape index (κ2) is 15.0. The lowest BCUT2D eigenvalue weighted by atomic mass is 10.0. The number of unbranched alkanes of at least 4 members (excludes halogenated alkanes) is 4. The fraction of sp³-hybridized carbons (Fsp3) is 0.500. The van der Waals surface area contributed by atoms with Crippen molar-refractivity contribution in [3.05, 3.63) is 64.2 Å². The number of likely N-dealkylation sites (N-methyl/N-ethyl adjacent to an activating group) is 1. The molecule has 8 heteroatoms. The molecular formula is C30H40N2O5S. The molecule has 2 unspecified atom stereocenters. The summed E-state index contributed by atoms with van der Waals surface area (Å²) < 4.78 is 6.81. The molecule has 0 saturated heterocycles. The van der Waals surface area contributed by atoms with Crippen LogP contribution in [0.4, 0.5) is 0 Å². The molecule has 3 rings (SSSR count). The van der Waals surface area contributed by atoms with Gasteiger partial charge in [-0.15, -0.1) is 11.3 Å². The second-order valence-corrected chi connectivity index (χ2v) is 10.9. The van der Waals surface area contributed by atoms with Crippen molar-refractivity contribution < 1.29 is 24.5 Å². The lowest BCUT2D eigenvalue weighted by Gasteiger charge is -2.25. The first-order valence-electron chi connectivity index (χ1n) is 13.4. The Bertz CT molecular complexity index is 1190. The molecule has 0 radical (unpaired) electrons. The highest BCUT2D eigenvalue weighted by Gasteiger charge is 2.34. The van der Waals surface area contributed by atoms with Crippen LogP contribution in [0.1, 0.15) is 60.8 Å². The minimum atomic E-state index is -1.89. The van der Waals surface area contributed by atoms with Gasteiger partial charge < -0.3 is 19.8 Å². The smallest absolute Gasteiger partial charge is 0.335 e. The Morgan fingerprint density at radius 1 is 0.947 bits per heavy atom. The maximum atomic E-state index is 12.9. The van der Waals surface area contributed by atoms with E-state index in [0.717, 1.165) is 50.5 Å². The zero-order valence-corrected chi connectivity index (χ0v) is 23.5. The minimum Gasteiger partial charge on any atom is -0.479 e. The number of amides is 1. The van der Waals surface area contributed by atoms with E-state index in [0.29, 0.717) is 13.0 Å². The lowest BCUT2D eigenvalue weighted by Crippen LogP contribution is -2.48. The highest BCUT2D eigenvalue weighted by atomic mass is 32.1. The molecule has 0 aliphatic rings. The predicted octanol–water partition coefficient (Wildman–Crippen LogP) is 5.33. The standard InChI is InChI=1S/C30H40N2O5S/c1-21-12-13-23(18-22(21)2)10-7-5-9-17-37-28(27(33)30(35)36)29(34)32(3)16-8-4-6-11-24-14-15-25-26(19-24)38-20-31-25/h12-15,18-20,27-28,33H,4-11,16-17H2,1-3H3,(H,35,36). The van der Waals surface area contributed by atoms with Gasteiger partial charge in [-0.2, -0.15) is 0 Å². The van der Waals surface area contributed by atoms with Crippen LogP contribution in [0.3, 0.4) is 0 Å². The van der Waals surface area contributed by atoms with Crippen LogP contribution in [0.15, 0.2) is 41.9 Å². The third kappa shape index (κ3) is 8.89. The van der Waals surface area contributed by atoms with E-state index >= 15 is 0 Å². The van der Waals surface area contributed by atoms with Crippen LogP contribution >= 0.6 is 11.3 Å². The molecule has 1 aromatic heterocycles. The van der Waals surface area contributed by atoms with Crippen LogP contribution in [0, 0.1) is 13.8 Å². The van der Waals surface area contributed by atoms with Gasteiger partial charge in [-0.3, -0.25) is 4.79 Å². The zero-order valence-electron chi connectivity index (χ0n) is 22.7. The molecule has 0 spiro atoms. The Labute approximate surface area is 229 Å². The topological polar surface area (TPSA) is 100.0 Å². The number of aryl methyl sites for hydroxylation is 4. The van der Waals surface area contributed by atoms with Gasteiger partial charge in [0.1, 0.15) is 0 Å². The van der Waals surface area contributed by atoms with Gasteiger partial charge in [0.05, 0.1) is 15.7 Å². The van der Waals surface area contributed by atoms with Gasteiger partial charge in [0.25, 0.3) is 5.91 Å². The summed E-state index contributed by atoms with van der Waals surface area (Å²) >= 11 is 1.64. The average Bonchev–Trinajstić information content (AvgIpc) is 3.37. The van der Waals surface area contributed by atoms with Crippen molar-refractivity contribution in [2.75, 3.05) is 20.2 Å². The van der Waals surface area contributed by atoms with E-state index in [-0.39, 0.29) is 6.61 Å². The van der Waals surface area contributed by atoms with E-state index < -0.39 is 24.1 Å². The van der Waals surface area contributed by atoms with Gasteiger partial charge in [0.15, 0.2) is 12.2 Å². The van der Waals surface area contributed by atoms with Crippen molar-refractivity contribution >= 4 is 33.4 Å². The van der Waals surface area contributed by atoms with Gasteiger partial charge in [0.2, 0.25) is 0 Å². The maximum absolute atomic E-state index is 12.9. The quantitative estimate of drug-likeness (QED) is 0.238. The van der Waals surface area contributed by atoms with Gasteiger partial charge in [-0.25, -0.2) is 9.78 Å². The number of carboxylic acids is 1. The van der Waals surface area contributed by atoms with Gasteiger partial charge in [0, 0.05) is 20.2 Å². The van der Waals surface area contributed by atoms with Gasteiger partial charge in [-0.05, 0) is 86.8 Å². The van der Waals surface area contributed by atoms with Crippen LogP contribution in [0.5, 0.6) is 0 Å². The average molecular weight is 541 g/mol. The molecular weight excluding hydrogens is 500 g/mol. The molecule has 0 fully saturated rings. The molecule has 3 aromatic rings. The van der Waals surface area contributed by atoms with E-state index in [2.05, 4.69) is 49.2 Å². The molecule has 206 valence electrons. The lowest BCUT2D eigenvalue weighted by molar-refractivity contribution is -0.166. The van der Waals surface area contributed by atoms with Crippen LogP contribution in [-0.2, 0) is 27.2 Å². The van der Waals surface area contributed by atoms with Crippen molar-refractivity contribution in [3.8, 4) is 0 Å². The number of hydrogen-bond donors (Lipinski definition) is 2. The minimum absolute atomic E-state index is 0.228. The molecule has 0 bridgehead atoms. The number of aliphatic hydroxyl groups excluding tert-OH is 1. The number of thiazole rings is 1. The molecule has 0 aliphatic carbocycles. The number of fused-ring (bicyclic) bond motifs is 1. The number of carbonyl (C=O) groups excluding carboxylic acids is 1. The molecule has 7 nitrogen and oxygen atoms in total. The van der Waals surface area contributed by atoms with Crippen molar-refractivity contribution in [2.45, 2.75) is 77.4 Å². The van der Waals surface area contributed by atoms with E-state index in [1.807, 2.05) is 11.6 Å². The van der Waals surface area contributed by atoms with Crippen LogP contribution < -0.4 is 0 Å². The Hall–Kier alpha value is -2.81. The third-order valence-electron chi connectivity index (χ3n) is 6.99. The number of carboxylic acid groups (broad SMARTS) is 1. The summed E-state index contributed by atoms with van der Waals surface area (Å²) in [5, 5.41) is 19.4. The molecule has 2 N–H and O–H groups in total. The number of aliphatic hydroxyl groups is 1. The van der Waals surface area contributed by atoms with Crippen LogP contribution in [0.2, 0.25) is 0 Å². The summed E-state index contributed by atoms with van der Waals surface area (Å²) in [6.07, 6.45) is 3.91. The molecule has 2 atom stereocenters. The molecule has 0 saturated carbocycles. The van der Waals surface area contributed by atoms with Crippen molar-refractivity contribution in [1.29, 1.82) is 0 Å². The summed E-state index contributed by atoms with van der Waals surface area (Å²) in [5.41, 5.74) is 8.02. The summed E-state index contributed by atoms with van der Waals surface area (Å²) in [4.78, 5) is 30.1. The van der Waals surface area contributed by atoms with E-state index in [9.17, 15) is 19.8 Å². The first-order chi connectivity index (χ1) is 18.3. The predicted molar refractivity (Wildman–Crippen MR) is 152 cm³/mol. The van der Waals surface area contributed by atoms with E-state index in [1.165, 1.54) is 31.9 Å². The highest BCUT2D eigenvalue weighted by molar-refractivity contribution is 7.16. The number of benzene rings is 2. The molecule has 1 heterocycles. The summed E-state index contributed by atoms with van der Waals surface area (Å²) in [5.74, 6) is -1.95. The number of hydrogen-bond acceptors (Lipinski definition) is 6. The van der Waals surface area contributed by atoms with Gasteiger partial charge in [-0.1, -0.05) is 37.1 Å². The number of rotatable bonds is 16. The molecule has 38 heavy (non-hydrogen) atoms. The highest BCUT2D eigenvalue weighted by Crippen LogP contribution is 2.20. The number of aromatic nitrogens is 1. The fourth-order valence-corrected chi connectivity index (χ4v) is 5.18. The number of carbonyl (C=O) groups is 2. The summed E-state index contributed by atoms with van der Waals surface area (Å²) in [7, 11) is 1.63. The van der Waals surface area contributed by atoms with Crippen molar-refractivity contribution in [2.24, 2.45) is 0 Å². The van der Waals surface area contributed by atoms with Crippen molar-refractivity contribution in [3.63, 3.8) is 0 Å². The van der Waals surface area contributed by atoms with Crippen LogP contribution in [-0.4, -0.2) is 64.4 Å². The SMILES string of the molecule is Cc1ccc(CCCCCOC(C(=O)N(C)CCCCCc2ccc3ncsc3c2)C(O)C(=O)O)cc1C. The molecule has 2 aromatic carbocycles. The zero-order chi connectivity index (χ0) is 27.5. The Morgan fingerprint density at radius 2 is 1.63 bits per heavy atom. The van der Waals surface area contributed by atoms with Crippen LogP contribution in [0.25, 0.3) is 10.2 Å². The Morgan fingerprint density at radius 3 is 2.34 bits per heavy atom. The molecule has 1 amide bonds. The Balaban J connectivity index is 1.36. The first kappa shape index (κ1) is 29.7. The maximum Gasteiger partial charge on any atom is 0.335 e. The second-order valence-electron chi connectivity index (χ2n) is 10.0. The summed E-state index contributed by atoms with van der Waals surface area (Å²) in [6.45, 7) is 4.92. The summed E-state index contributed by atoms with van der Waals surface area (Å²) in [6, 6.07) is 12.8. The third-order valence-corrected chi connectivity index (χ3v) is 7.78. The number of ether oxygens (including phenoxy) is 1. The normalized spacial score (nSPS) is 12.9. The molecule has 0 aliphatic heterocycles. The number of nitrogens with zero attached hydrogens (tertiary/aromatic N) is 2. The largest absolute Gasteiger partial charge is 0.479 e. The van der Waals surface area contributed by atoms with E-state index in [4.69, 9.17) is 4.74 Å². The Kier molecular flexibility index (Phi) is 11.7. The monoisotopic (exact) mass is 540 g/mol.